The average Bonchev–Trinajstić information content (AvgIpc) is 3.36. The van der Waals surface area contributed by atoms with Crippen molar-refractivity contribution in [2.24, 2.45) is 0 Å². The second kappa shape index (κ2) is 7.10. The van der Waals surface area contributed by atoms with Crippen LogP contribution in [-0.2, 0) is 0 Å². The molecule has 1 aromatic carbocycles. The molecule has 0 radical (unpaired) electrons. The molecule has 0 aliphatic heterocycles. The van der Waals surface area contributed by atoms with Crippen molar-refractivity contribution in [1.82, 2.24) is 19.7 Å². The molecule has 0 fully saturated rings. The average molecular weight is 446 g/mol. The van der Waals surface area contributed by atoms with Crippen LogP contribution < -0.4 is 5.32 Å². The SMILES string of the molecule is Cc1nc(-c2cccs2)sc1C(=O)Nc1cc(Br)ccc1-n1cncn1. The molecule has 0 unspecified atom stereocenters. The van der Waals surface area contributed by atoms with Crippen molar-refractivity contribution >= 4 is 50.2 Å². The van der Waals surface area contributed by atoms with Gasteiger partial charge in [0.1, 0.15) is 22.5 Å². The molecule has 0 aliphatic carbocycles. The van der Waals surface area contributed by atoms with Gasteiger partial charge in [0.15, 0.2) is 0 Å². The second-order valence-corrected chi connectivity index (χ2v) is 8.23. The zero-order chi connectivity index (χ0) is 18.1. The molecule has 0 saturated carbocycles. The van der Waals surface area contributed by atoms with Crippen molar-refractivity contribution < 1.29 is 4.79 Å². The number of hydrogen-bond acceptors (Lipinski definition) is 6. The lowest BCUT2D eigenvalue weighted by Gasteiger charge is -2.11. The number of halogens is 1. The number of rotatable bonds is 4. The first-order chi connectivity index (χ1) is 12.6. The van der Waals surface area contributed by atoms with E-state index in [-0.39, 0.29) is 5.91 Å². The molecule has 130 valence electrons. The van der Waals surface area contributed by atoms with Crippen molar-refractivity contribution in [2.75, 3.05) is 5.32 Å². The molecule has 26 heavy (non-hydrogen) atoms. The fraction of sp³-hybridized carbons (Fsp3) is 0.0588. The van der Waals surface area contributed by atoms with Crippen molar-refractivity contribution in [3.63, 3.8) is 0 Å². The summed E-state index contributed by atoms with van der Waals surface area (Å²) in [4.78, 5) is 23.0. The molecule has 0 atom stereocenters. The minimum Gasteiger partial charge on any atom is -0.319 e. The summed E-state index contributed by atoms with van der Waals surface area (Å²) in [7, 11) is 0. The first kappa shape index (κ1) is 17.1. The smallest absolute Gasteiger partial charge is 0.267 e. The third-order valence-electron chi connectivity index (χ3n) is 3.61. The number of amides is 1. The zero-order valence-corrected chi connectivity index (χ0v) is 16.7. The van der Waals surface area contributed by atoms with E-state index in [0.29, 0.717) is 16.3 Å². The van der Waals surface area contributed by atoms with Crippen LogP contribution in [-0.4, -0.2) is 25.7 Å². The molecule has 3 aromatic heterocycles. The molecule has 9 heteroatoms. The zero-order valence-electron chi connectivity index (χ0n) is 13.5. The highest BCUT2D eigenvalue weighted by Crippen LogP contribution is 2.32. The first-order valence-electron chi connectivity index (χ1n) is 7.59. The molecule has 0 bridgehead atoms. The van der Waals surface area contributed by atoms with Gasteiger partial charge in [0, 0.05) is 4.47 Å². The van der Waals surface area contributed by atoms with Crippen LogP contribution in [0, 0.1) is 6.92 Å². The molecule has 0 aliphatic rings. The number of nitrogens with zero attached hydrogens (tertiary/aromatic N) is 4. The molecular formula is C17H12BrN5OS2. The lowest BCUT2D eigenvalue weighted by atomic mass is 10.2. The van der Waals surface area contributed by atoms with Gasteiger partial charge in [-0.1, -0.05) is 22.0 Å². The Morgan fingerprint density at radius 3 is 2.92 bits per heavy atom. The Morgan fingerprint density at radius 1 is 1.31 bits per heavy atom. The van der Waals surface area contributed by atoms with E-state index in [9.17, 15) is 4.79 Å². The summed E-state index contributed by atoms with van der Waals surface area (Å²) in [5, 5.41) is 9.97. The van der Waals surface area contributed by atoms with E-state index in [2.05, 4.69) is 36.3 Å². The number of aryl methyl sites for hydroxylation is 1. The molecule has 1 amide bonds. The molecule has 0 spiro atoms. The van der Waals surface area contributed by atoms with Gasteiger partial charge in [-0.15, -0.1) is 22.7 Å². The highest BCUT2D eigenvalue weighted by molar-refractivity contribution is 9.10. The Balaban J connectivity index is 1.66. The van der Waals surface area contributed by atoms with Crippen LogP contribution in [0.4, 0.5) is 5.69 Å². The number of carbonyl (C=O) groups excluding carboxylic acids is 1. The maximum Gasteiger partial charge on any atom is 0.267 e. The number of thiophene rings is 1. The monoisotopic (exact) mass is 445 g/mol. The minimum absolute atomic E-state index is 0.192. The maximum atomic E-state index is 12.9. The number of thiazole rings is 1. The maximum absolute atomic E-state index is 12.9. The number of hydrogen-bond donors (Lipinski definition) is 1. The summed E-state index contributed by atoms with van der Waals surface area (Å²) in [5.74, 6) is -0.192. The fourth-order valence-electron chi connectivity index (χ4n) is 2.43. The van der Waals surface area contributed by atoms with Gasteiger partial charge in [0.05, 0.1) is 21.9 Å². The standard InChI is InChI=1S/C17H12BrN5OS2/c1-10-15(26-17(21-10)14-3-2-6-25-14)16(24)22-12-7-11(18)4-5-13(12)23-9-19-8-20-23/h2-9H,1H3,(H,22,24). The lowest BCUT2D eigenvalue weighted by Crippen LogP contribution is -2.14. The van der Waals surface area contributed by atoms with Crippen LogP contribution in [0.25, 0.3) is 15.6 Å². The van der Waals surface area contributed by atoms with Crippen molar-refractivity contribution in [1.29, 1.82) is 0 Å². The largest absolute Gasteiger partial charge is 0.319 e. The lowest BCUT2D eigenvalue weighted by molar-refractivity contribution is 0.103. The van der Waals surface area contributed by atoms with Crippen LogP contribution >= 0.6 is 38.6 Å². The Bertz CT molecular complexity index is 1060. The fourth-order valence-corrected chi connectivity index (χ4v) is 4.55. The highest BCUT2D eigenvalue weighted by Gasteiger charge is 2.18. The summed E-state index contributed by atoms with van der Waals surface area (Å²) in [6, 6.07) is 9.57. The van der Waals surface area contributed by atoms with Gasteiger partial charge < -0.3 is 5.32 Å². The predicted octanol–water partition coefficient (Wildman–Crippen LogP) is 4.78. The summed E-state index contributed by atoms with van der Waals surface area (Å²) < 4.78 is 2.47. The highest BCUT2D eigenvalue weighted by atomic mass is 79.9. The van der Waals surface area contributed by atoms with Gasteiger partial charge in [-0.25, -0.2) is 14.6 Å². The topological polar surface area (TPSA) is 72.7 Å². The van der Waals surface area contributed by atoms with Gasteiger partial charge in [-0.05, 0) is 36.6 Å². The summed E-state index contributed by atoms with van der Waals surface area (Å²) >= 11 is 6.45. The minimum atomic E-state index is -0.192. The van der Waals surface area contributed by atoms with E-state index in [4.69, 9.17) is 0 Å². The summed E-state index contributed by atoms with van der Waals surface area (Å²) in [6.45, 7) is 1.85. The second-order valence-electron chi connectivity index (χ2n) is 5.37. The molecule has 3 heterocycles. The van der Waals surface area contributed by atoms with E-state index in [1.165, 1.54) is 17.7 Å². The van der Waals surface area contributed by atoms with Crippen molar-refractivity contribution in [3.8, 4) is 15.6 Å². The van der Waals surface area contributed by atoms with Gasteiger partial charge >= 0.3 is 0 Å². The van der Waals surface area contributed by atoms with E-state index in [1.54, 1.807) is 22.3 Å². The van der Waals surface area contributed by atoms with Crippen molar-refractivity contribution in [2.45, 2.75) is 6.92 Å². The molecule has 4 aromatic rings. The Kier molecular flexibility index (Phi) is 4.66. The molecule has 4 rings (SSSR count). The number of aromatic nitrogens is 4. The first-order valence-corrected chi connectivity index (χ1v) is 10.1. The third-order valence-corrected chi connectivity index (χ3v) is 6.30. The normalized spacial score (nSPS) is 10.8. The predicted molar refractivity (Wildman–Crippen MR) is 107 cm³/mol. The Hall–Kier alpha value is -2.36. The number of anilines is 1. The summed E-state index contributed by atoms with van der Waals surface area (Å²) in [5.41, 5.74) is 2.09. The van der Waals surface area contributed by atoms with Crippen LogP contribution in [0.5, 0.6) is 0 Å². The van der Waals surface area contributed by atoms with Crippen LogP contribution in [0.2, 0.25) is 0 Å². The van der Waals surface area contributed by atoms with Gasteiger partial charge in [0.25, 0.3) is 5.91 Å². The van der Waals surface area contributed by atoms with Crippen LogP contribution in [0.1, 0.15) is 15.4 Å². The van der Waals surface area contributed by atoms with E-state index in [1.807, 2.05) is 42.6 Å². The molecule has 1 N–H and O–H groups in total. The van der Waals surface area contributed by atoms with Gasteiger partial charge in [-0.3, -0.25) is 4.79 Å². The summed E-state index contributed by atoms with van der Waals surface area (Å²) in [6.07, 6.45) is 3.04. The van der Waals surface area contributed by atoms with Crippen molar-refractivity contribution in [3.05, 3.63) is 63.4 Å². The van der Waals surface area contributed by atoms with Crippen LogP contribution in [0.3, 0.4) is 0 Å². The van der Waals surface area contributed by atoms with E-state index >= 15 is 0 Å². The molecule has 6 nitrogen and oxygen atoms in total. The molecular weight excluding hydrogens is 434 g/mol. The Labute approximate surface area is 165 Å². The quantitative estimate of drug-likeness (QED) is 0.490. The Morgan fingerprint density at radius 2 is 2.19 bits per heavy atom. The van der Waals surface area contributed by atoms with E-state index < -0.39 is 0 Å². The number of nitrogens with one attached hydrogen (secondary N) is 1. The number of benzene rings is 1. The molecule has 0 saturated heterocycles. The van der Waals surface area contributed by atoms with Gasteiger partial charge in [0.2, 0.25) is 0 Å². The van der Waals surface area contributed by atoms with Gasteiger partial charge in [-0.2, -0.15) is 5.10 Å². The van der Waals surface area contributed by atoms with E-state index in [0.717, 1.165) is 20.0 Å². The third kappa shape index (κ3) is 3.33. The van der Waals surface area contributed by atoms with Crippen LogP contribution in [0.15, 0.2) is 52.8 Å². The number of carbonyl (C=O) groups is 1.